The predicted octanol–water partition coefficient (Wildman–Crippen LogP) is 0.892. The summed E-state index contributed by atoms with van der Waals surface area (Å²) in [4.78, 5) is 25.7. The Bertz CT molecular complexity index is 359. The minimum atomic E-state index is -0.0644. The third kappa shape index (κ3) is 3.95. The minimum absolute atomic E-state index is 0.0216. The van der Waals surface area contributed by atoms with Gasteiger partial charge in [-0.25, -0.2) is 0 Å². The number of amides is 2. The number of nitrogens with one attached hydrogen (secondary N) is 2. The van der Waals surface area contributed by atoms with Gasteiger partial charge in [0.25, 0.3) is 0 Å². The molecule has 0 spiro atoms. The van der Waals surface area contributed by atoms with Crippen LogP contribution in [-0.4, -0.2) is 48.4 Å². The largest absolute Gasteiger partial charge is 0.351 e. The van der Waals surface area contributed by atoms with Gasteiger partial charge in [0.1, 0.15) is 0 Å². The first-order valence-corrected chi connectivity index (χ1v) is 7.91. The van der Waals surface area contributed by atoms with Gasteiger partial charge in [-0.2, -0.15) is 0 Å². The highest BCUT2D eigenvalue weighted by molar-refractivity contribution is 5.82. The minimum Gasteiger partial charge on any atom is -0.351 e. The van der Waals surface area contributed by atoms with E-state index in [0.29, 0.717) is 18.9 Å². The summed E-state index contributed by atoms with van der Waals surface area (Å²) in [5.41, 5.74) is 0. The van der Waals surface area contributed by atoms with Crippen LogP contribution < -0.4 is 10.6 Å². The van der Waals surface area contributed by atoms with Gasteiger partial charge in [-0.3, -0.25) is 9.59 Å². The molecule has 20 heavy (non-hydrogen) atoms. The van der Waals surface area contributed by atoms with Crippen molar-refractivity contribution in [3.63, 3.8) is 0 Å². The van der Waals surface area contributed by atoms with Crippen LogP contribution in [0, 0.1) is 5.92 Å². The van der Waals surface area contributed by atoms with Gasteiger partial charge in [0.15, 0.2) is 0 Å². The molecule has 0 saturated carbocycles. The van der Waals surface area contributed by atoms with Crippen LogP contribution in [0.3, 0.4) is 0 Å². The molecular formula is C15H27N3O2. The number of likely N-dealkylation sites (tertiary alicyclic amines) is 1. The van der Waals surface area contributed by atoms with Crippen LogP contribution in [0.4, 0.5) is 0 Å². The van der Waals surface area contributed by atoms with Crippen LogP contribution in [0.25, 0.3) is 0 Å². The molecule has 0 aliphatic carbocycles. The average molecular weight is 281 g/mol. The molecule has 2 aliphatic heterocycles. The fourth-order valence-corrected chi connectivity index (χ4v) is 3.18. The van der Waals surface area contributed by atoms with Crippen molar-refractivity contribution in [2.24, 2.45) is 5.92 Å². The van der Waals surface area contributed by atoms with E-state index in [9.17, 15) is 9.59 Å². The van der Waals surface area contributed by atoms with Crippen LogP contribution in [-0.2, 0) is 9.59 Å². The normalized spacial score (nSPS) is 28.5. The van der Waals surface area contributed by atoms with Crippen LogP contribution in [0.2, 0.25) is 0 Å². The Morgan fingerprint density at radius 2 is 2.35 bits per heavy atom. The molecule has 5 nitrogen and oxygen atoms in total. The van der Waals surface area contributed by atoms with E-state index in [1.807, 2.05) is 11.8 Å². The van der Waals surface area contributed by atoms with Crippen molar-refractivity contribution in [3.8, 4) is 0 Å². The van der Waals surface area contributed by atoms with Gasteiger partial charge in [-0.15, -0.1) is 0 Å². The molecule has 2 fully saturated rings. The molecule has 2 heterocycles. The summed E-state index contributed by atoms with van der Waals surface area (Å²) < 4.78 is 0. The van der Waals surface area contributed by atoms with Crippen molar-refractivity contribution in [1.29, 1.82) is 0 Å². The maximum Gasteiger partial charge on any atom is 0.237 e. The van der Waals surface area contributed by atoms with Gasteiger partial charge in [-0.05, 0) is 38.6 Å². The lowest BCUT2D eigenvalue weighted by molar-refractivity contribution is -0.129. The van der Waals surface area contributed by atoms with Gasteiger partial charge in [0, 0.05) is 25.6 Å². The van der Waals surface area contributed by atoms with Gasteiger partial charge >= 0.3 is 0 Å². The smallest absolute Gasteiger partial charge is 0.237 e. The Morgan fingerprint density at radius 1 is 1.55 bits per heavy atom. The van der Waals surface area contributed by atoms with Crippen LogP contribution >= 0.6 is 0 Å². The molecule has 2 amide bonds. The van der Waals surface area contributed by atoms with Crippen molar-refractivity contribution in [3.05, 3.63) is 0 Å². The molecule has 0 radical (unpaired) electrons. The van der Waals surface area contributed by atoms with E-state index in [0.717, 1.165) is 38.8 Å². The van der Waals surface area contributed by atoms with E-state index in [-0.39, 0.29) is 23.9 Å². The molecule has 3 unspecified atom stereocenters. The lowest BCUT2D eigenvalue weighted by Gasteiger charge is -2.30. The third-order valence-electron chi connectivity index (χ3n) is 4.46. The van der Waals surface area contributed by atoms with Crippen LogP contribution in [0.1, 0.15) is 46.0 Å². The zero-order valence-electron chi connectivity index (χ0n) is 12.7. The number of hydrogen-bond acceptors (Lipinski definition) is 3. The Morgan fingerprint density at radius 3 is 3.00 bits per heavy atom. The first kappa shape index (κ1) is 15.3. The molecule has 2 aliphatic rings. The van der Waals surface area contributed by atoms with Crippen molar-refractivity contribution in [2.45, 2.75) is 58.0 Å². The van der Waals surface area contributed by atoms with Gasteiger partial charge in [-0.1, -0.05) is 13.3 Å². The summed E-state index contributed by atoms with van der Waals surface area (Å²) >= 11 is 0. The Kier molecular flexibility index (Phi) is 5.40. The molecule has 0 aromatic rings. The summed E-state index contributed by atoms with van der Waals surface area (Å²) in [7, 11) is 0. The third-order valence-corrected chi connectivity index (χ3v) is 4.46. The number of rotatable bonds is 5. The van der Waals surface area contributed by atoms with Crippen molar-refractivity contribution in [2.75, 3.05) is 19.6 Å². The SMILES string of the molecule is CCC1CCNC(C(=O)NC(C)CN2CCCC2=O)C1. The summed E-state index contributed by atoms with van der Waals surface area (Å²) in [5, 5.41) is 6.34. The van der Waals surface area contributed by atoms with E-state index in [4.69, 9.17) is 0 Å². The molecular weight excluding hydrogens is 254 g/mol. The van der Waals surface area contributed by atoms with Gasteiger partial charge in [0.2, 0.25) is 11.8 Å². The summed E-state index contributed by atoms with van der Waals surface area (Å²) in [6.07, 6.45) is 4.84. The number of piperidine rings is 1. The number of hydrogen-bond donors (Lipinski definition) is 2. The molecule has 2 saturated heterocycles. The molecule has 2 N–H and O–H groups in total. The molecule has 0 bridgehead atoms. The summed E-state index contributed by atoms with van der Waals surface area (Å²) in [6, 6.07) is -0.0428. The molecule has 0 aromatic carbocycles. The van der Waals surface area contributed by atoms with E-state index >= 15 is 0 Å². The fourth-order valence-electron chi connectivity index (χ4n) is 3.18. The second kappa shape index (κ2) is 7.07. The Balaban J connectivity index is 1.76. The highest BCUT2D eigenvalue weighted by atomic mass is 16.2. The molecule has 2 rings (SSSR count). The van der Waals surface area contributed by atoms with Gasteiger partial charge in [0.05, 0.1) is 6.04 Å². The molecule has 114 valence electrons. The lowest BCUT2D eigenvalue weighted by Crippen LogP contribution is -2.52. The fraction of sp³-hybridized carbons (Fsp3) is 0.867. The number of nitrogens with zero attached hydrogens (tertiary/aromatic N) is 1. The maximum absolute atomic E-state index is 12.2. The Labute approximate surface area is 121 Å². The van der Waals surface area contributed by atoms with E-state index in [2.05, 4.69) is 17.6 Å². The van der Waals surface area contributed by atoms with Gasteiger partial charge < -0.3 is 15.5 Å². The maximum atomic E-state index is 12.2. The van der Waals surface area contributed by atoms with E-state index < -0.39 is 0 Å². The number of carbonyl (C=O) groups is 2. The highest BCUT2D eigenvalue weighted by Crippen LogP contribution is 2.19. The second-order valence-electron chi connectivity index (χ2n) is 6.16. The topological polar surface area (TPSA) is 61.4 Å². The highest BCUT2D eigenvalue weighted by Gasteiger charge is 2.28. The van der Waals surface area contributed by atoms with Crippen molar-refractivity contribution < 1.29 is 9.59 Å². The van der Waals surface area contributed by atoms with E-state index in [1.165, 1.54) is 0 Å². The second-order valence-corrected chi connectivity index (χ2v) is 6.16. The first-order valence-electron chi connectivity index (χ1n) is 7.91. The molecule has 0 aromatic heterocycles. The van der Waals surface area contributed by atoms with Crippen molar-refractivity contribution in [1.82, 2.24) is 15.5 Å². The summed E-state index contributed by atoms with van der Waals surface area (Å²) in [6.45, 7) is 6.55. The van der Waals surface area contributed by atoms with Crippen LogP contribution in [0.15, 0.2) is 0 Å². The Hall–Kier alpha value is -1.10. The lowest BCUT2D eigenvalue weighted by atomic mass is 9.90. The first-order chi connectivity index (χ1) is 9.60. The van der Waals surface area contributed by atoms with Crippen LogP contribution in [0.5, 0.6) is 0 Å². The zero-order chi connectivity index (χ0) is 14.5. The quantitative estimate of drug-likeness (QED) is 0.787. The monoisotopic (exact) mass is 281 g/mol. The van der Waals surface area contributed by atoms with Crippen molar-refractivity contribution >= 4 is 11.8 Å². The molecule has 5 heteroatoms. The average Bonchev–Trinajstić information content (AvgIpc) is 2.84. The zero-order valence-corrected chi connectivity index (χ0v) is 12.7. The number of carbonyl (C=O) groups excluding carboxylic acids is 2. The molecule has 3 atom stereocenters. The standard InChI is InChI=1S/C15H27N3O2/c1-3-12-6-7-16-13(9-12)15(20)17-11(2)10-18-8-4-5-14(18)19/h11-13,16H,3-10H2,1-2H3,(H,17,20). The van der Waals surface area contributed by atoms with E-state index in [1.54, 1.807) is 0 Å². The summed E-state index contributed by atoms with van der Waals surface area (Å²) in [5.74, 6) is 0.956. The predicted molar refractivity (Wildman–Crippen MR) is 78.2 cm³/mol.